The van der Waals surface area contributed by atoms with Crippen molar-refractivity contribution in [3.63, 3.8) is 0 Å². The Hall–Kier alpha value is -2.73. The monoisotopic (exact) mass is 339 g/mol. The minimum absolute atomic E-state index is 0.153. The van der Waals surface area contributed by atoms with Gasteiger partial charge >= 0.3 is 0 Å². The fourth-order valence-electron chi connectivity index (χ4n) is 2.27. The molecule has 0 radical (unpaired) electrons. The van der Waals surface area contributed by atoms with Gasteiger partial charge in [0.2, 0.25) is 0 Å². The number of nitrogens with one attached hydrogen (secondary N) is 1. The van der Waals surface area contributed by atoms with Crippen molar-refractivity contribution in [3.05, 3.63) is 64.7 Å². The summed E-state index contributed by atoms with van der Waals surface area (Å²) in [7, 11) is 0. The van der Waals surface area contributed by atoms with Gasteiger partial charge in [0.05, 0.1) is 24.5 Å². The molecule has 2 heterocycles. The summed E-state index contributed by atoms with van der Waals surface area (Å²) < 4.78 is 5.38. The second-order valence-corrected chi connectivity index (χ2v) is 5.78. The zero-order valence-electron chi connectivity index (χ0n) is 13.2. The molecule has 0 saturated heterocycles. The lowest BCUT2D eigenvalue weighted by Gasteiger charge is -2.09. The number of thiophene rings is 1. The average Bonchev–Trinajstić information content (AvgIpc) is 3.15. The van der Waals surface area contributed by atoms with E-state index < -0.39 is 0 Å². The largest absolute Gasteiger partial charge is 0.494 e. The topological polar surface area (TPSA) is 64.1 Å². The molecule has 0 saturated carbocycles. The Balaban J connectivity index is 1.69. The minimum atomic E-state index is -0.153. The second-order valence-electron chi connectivity index (χ2n) is 5.00. The third-order valence-corrected chi connectivity index (χ3v) is 4.10. The molecule has 0 bridgehead atoms. The first kappa shape index (κ1) is 16.1. The van der Waals surface area contributed by atoms with Crippen LogP contribution in [0.5, 0.6) is 5.75 Å². The third-order valence-electron chi connectivity index (χ3n) is 3.41. The van der Waals surface area contributed by atoms with E-state index in [4.69, 9.17) is 4.74 Å². The van der Waals surface area contributed by atoms with Gasteiger partial charge in [-0.05, 0) is 42.6 Å². The summed E-state index contributed by atoms with van der Waals surface area (Å²) in [5.41, 5.74) is 3.14. The molecule has 3 aromatic rings. The zero-order chi connectivity index (χ0) is 16.8. The van der Waals surface area contributed by atoms with Gasteiger partial charge in [-0.2, -0.15) is 11.3 Å². The van der Waals surface area contributed by atoms with Crippen molar-refractivity contribution in [2.75, 3.05) is 6.61 Å². The van der Waals surface area contributed by atoms with Gasteiger partial charge in [0, 0.05) is 28.9 Å². The van der Waals surface area contributed by atoms with E-state index in [9.17, 15) is 4.79 Å². The van der Waals surface area contributed by atoms with Crippen LogP contribution in [0.25, 0.3) is 11.3 Å². The van der Waals surface area contributed by atoms with Crippen LogP contribution < -0.4 is 10.1 Å². The summed E-state index contributed by atoms with van der Waals surface area (Å²) >= 11 is 1.60. The van der Waals surface area contributed by atoms with E-state index in [1.54, 1.807) is 48.0 Å². The Bertz CT molecular complexity index is 801. The van der Waals surface area contributed by atoms with Crippen LogP contribution in [0.2, 0.25) is 0 Å². The van der Waals surface area contributed by atoms with Crippen molar-refractivity contribution in [2.45, 2.75) is 13.5 Å². The molecule has 2 aromatic heterocycles. The van der Waals surface area contributed by atoms with Crippen LogP contribution in [0.1, 0.15) is 23.0 Å². The maximum Gasteiger partial charge on any atom is 0.251 e. The Morgan fingerprint density at radius 1 is 1.17 bits per heavy atom. The molecule has 0 spiro atoms. The molecule has 1 aromatic carbocycles. The number of carbonyl (C=O) groups is 1. The Morgan fingerprint density at radius 2 is 1.96 bits per heavy atom. The predicted molar refractivity (Wildman–Crippen MR) is 94.1 cm³/mol. The first-order valence-electron chi connectivity index (χ1n) is 7.61. The lowest BCUT2D eigenvalue weighted by molar-refractivity contribution is 0.0950. The molecule has 0 aliphatic heterocycles. The van der Waals surface area contributed by atoms with Gasteiger partial charge in [-0.1, -0.05) is 0 Å². The van der Waals surface area contributed by atoms with Crippen molar-refractivity contribution in [1.82, 2.24) is 15.3 Å². The lowest BCUT2D eigenvalue weighted by atomic mass is 10.1. The molecule has 0 aliphatic carbocycles. The summed E-state index contributed by atoms with van der Waals surface area (Å²) in [6.45, 7) is 2.85. The highest BCUT2D eigenvalue weighted by atomic mass is 32.1. The molecule has 0 atom stereocenters. The van der Waals surface area contributed by atoms with Gasteiger partial charge in [-0.3, -0.25) is 14.8 Å². The van der Waals surface area contributed by atoms with Crippen molar-refractivity contribution < 1.29 is 9.53 Å². The van der Waals surface area contributed by atoms with E-state index in [1.807, 2.05) is 23.8 Å². The number of ether oxygens (including phenoxy) is 1. The van der Waals surface area contributed by atoms with Gasteiger partial charge < -0.3 is 10.1 Å². The number of nitrogens with zero attached hydrogens (tertiary/aromatic N) is 2. The van der Waals surface area contributed by atoms with Crippen molar-refractivity contribution >= 4 is 17.2 Å². The van der Waals surface area contributed by atoms with Gasteiger partial charge in [0.25, 0.3) is 5.91 Å². The smallest absolute Gasteiger partial charge is 0.251 e. The van der Waals surface area contributed by atoms with E-state index >= 15 is 0 Å². The maximum absolute atomic E-state index is 12.3. The molecule has 5 nitrogen and oxygen atoms in total. The molecule has 0 aliphatic rings. The first-order chi connectivity index (χ1) is 11.8. The van der Waals surface area contributed by atoms with Crippen LogP contribution in [-0.4, -0.2) is 22.5 Å². The molecular weight excluding hydrogens is 322 g/mol. The molecule has 1 N–H and O–H groups in total. The average molecular weight is 339 g/mol. The molecule has 0 fully saturated rings. The van der Waals surface area contributed by atoms with Crippen LogP contribution in [0, 0.1) is 0 Å². The third kappa shape index (κ3) is 3.78. The van der Waals surface area contributed by atoms with Crippen LogP contribution >= 0.6 is 11.3 Å². The van der Waals surface area contributed by atoms with E-state index in [1.165, 1.54) is 0 Å². The molecule has 3 rings (SSSR count). The second kappa shape index (κ2) is 7.70. The molecule has 122 valence electrons. The van der Waals surface area contributed by atoms with E-state index in [-0.39, 0.29) is 5.91 Å². The van der Waals surface area contributed by atoms with Crippen LogP contribution in [-0.2, 0) is 6.54 Å². The maximum atomic E-state index is 12.3. The van der Waals surface area contributed by atoms with Crippen LogP contribution in [0.15, 0.2) is 53.5 Å². The van der Waals surface area contributed by atoms with E-state index in [2.05, 4.69) is 15.3 Å². The van der Waals surface area contributed by atoms with Gasteiger partial charge in [-0.25, -0.2) is 0 Å². The summed E-state index contributed by atoms with van der Waals surface area (Å²) in [6.07, 6.45) is 3.29. The number of hydrogen-bond acceptors (Lipinski definition) is 5. The van der Waals surface area contributed by atoms with Gasteiger partial charge in [0.15, 0.2) is 0 Å². The number of rotatable bonds is 6. The first-order valence-corrected chi connectivity index (χ1v) is 8.55. The molecule has 6 heteroatoms. The van der Waals surface area contributed by atoms with Crippen molar-refractivity contribution in [2.24, 2.45) is 0 Å². The summed E-state index contributed by atoms with van der Waals surface area (Å²) in [6, 6.07) is 9.06. The number of hydrogen-bond donors (Lipinski definition) is 1. The summed E-state index contributed by atoms with van der Waals surface area (Å²) in [4.78, 5) is 21.0. The number of aromatic nitrogens is 2. The van der Waals surface area contributed by atoms with Gasteiger partial charge in [0.1, 0.15) is 5.75 Å². The SMILES string of the molecule is CCOc1ccc(C(=O)NCc2nccnc2-c2ccsc2)cc1. The Kier molecular flexibility index (Phi) is 5.18. The number of benzene rings is 1. The quantitative estimate of drug-likeness (QED) is 0.746. The number of amides is 1. The van der Waals surface area contributed by atoms with E-state index in [0.717, 1.165) is 22.7 Å². The minimum Gasteiger partial charge on any atom is -0.494 e. The lowest BCUT2D eigenvalue weighted by Crippen LogP contribution is -2.23. The Labute approximate surface area is 144 Å². The summed E-state index contributed by atoms with van der Waals surface area (Å²) in [5.74, 6) is 0.600. The summed E-state index contributed by atoms with van der Waals surface area (Å²) in [5, 5.41) is 6.90. The van der Waals surface area contributed by atoms with Crippen LogP contribution in [0.3, 0.4) is 0 Å². The number of carbonyl (C=O) groups excluding carboxylic acids is 1. The van der Waals surface area contributed by atoms with Crippen LogP contribution in [0.4, 0.5) is 0 Å². The van der Waals surface area contributed by atoms with Crippen molar-refractivity contribution in [1.29, 1.82) is 0 Å². The molecule has 0 unspecified atom stereocenters. The fourth-order valence-corrected chi connectivity index (χ4v) is 2.91. The molecule has 1 amide bonds. The highest BCUT2D eigenvalue weighted by Crippen LogP contribution is 2.22. The Morgan fingerprint density at radius 3 is 2.67 bits per heavy atom. The highest BCUT2D eigenvalue weighted by molar-refractivity contribution is 7.08. The van der Waals surface area contributed by atoms with Gasteiger partial charge in [-0.15, -0.1) is 0 Å². The highest BCUT2D eigenvalue weighted by Gasteiger charge is 2.11. The normalized spacial score (nSPS) is 10.4. The fraction of sp³-hybridized carbons (Fsp3) is 0.167. The van der Waals surface area contributed by atoms with E-state index in [0.29, 0.717) is 18.7 Å². The standard InChI is InChI=1S/C18H17N3O2S/c1-2-23-15-5-3-13(4-6-15)18(22)21-11-16-17(20-9-8-19-16)14-7-10-24-12-14/h3-10,12H,2,11H2,1H3,(H,21,22). The molecular formula is C18H17N3O2S. The predicted octanol–water partition coefficient (Wildman–Crippen LogP) is 3.53. The van der Waals surface area contributed by atoms with Crippen molar-refractivity contribution in [3.8, 4) is 17.0 Å². The zero-order valence-corrected chi connectivity index (χ0v) is 14.0. The molecule has 24 heavy (non-hydrogen) atoms.